The highest BCUT2D eigenvalue weighted by Crippen LogP contribution is 2.36. The summed E-state index contributed by atoms with van der Waals surface area (Å²) in [7, 11) is 0. The van der Waals surface area contributed by atoms with Crippen LogP contribution >= 0.6 is 0 Å². The number of alkyl halides is 6. The number of esters is 1. The fourth-order valence-electron chi connectivity index (χ4n) is 1.30. The number of hydrogen-bond acceptors (Lipinski definition) is 2. The van der Waals surface area contributed by atoms with Crippen molar-refractivity contribution in [3.63, 3.8) is 0 Å². The maximum atomic E-state index is 12.5. The van der Waals surface area contributed by atoms with Crippen LogP contribution in [0.3, 0.4) is 0 Å². The summed E-state index contributed by atoms with van der Waals surface area (Å²) in [6.45, 7) is 0.667. The third-order valence-electron chi connectivity index (χ3n) is 2.17. The molecule has 1 aromatic rings. The molecule has 0 amide bonds. The Hall–Kier alpha value is -2.17. The van der Waals surface area contributed by atoms with Gasteiger partial charge < -0.3 is 4.74 Å². The van der Waals surface area contributed by atoms with Gasteiger partial charge in [0.25, 0.3) is 0 Å². The van der Waals surface area contributed by atoms with Gasteiger partial charge in [0, 0.05) is 12.5 Å². The maximum Gasteiger partial charge on any atom is 0.416 e. The van der Waals surface area contributed by atoms with E-state index in [1.165, 1.54) is 0 Å². The first-order valence-corrected chi connectivity index (χ1v) is 5.42. The van der Waals surface area contributed by atoms with E-state index in [0.717, 1.165) is 6.92 Å². The molecule has 0 aliphatic heterocycles. The Morgan fingerprint density at radius 3 is 1.90 bits per heavy atom. The van der Waals surface area contributed by atoms with Gasteiger partial charge in [-0.1, -0.05) is 11.8 Å². The highest BCUT2D eigenvalue weighted by atomic mass is 19.4. The molecule has 0 fully saturated rings. The third kappa shape index (κ3) is 5.38. The van der Waals surface area contributed by atoms with Crippen molar-refractivity contribution in [2.24, 2.45) is 0 Å². The van der Waals surface area contributed by atoms with Gasteiger partial charge >= 0.3 is 18.3 Å². The lowest BCUT2D eigenvalue weighted by molar-refractivity contribution is -0.143. The first-order chi connectivity index (χ1) is 9.50. The molecular weight excluding hydrogens is 302 g/mol. The van der Waals surface area contributed by atoms with E-state index in [9.17, 15) is 31.1 Å². The number of rotatable bonds is 1. The molecule has 0 aromatic heterocycles. The second-order valence-corrected chi connectivity index (χ2v) is 3.88. The lowest BCUT2D eigenvalue weighted by Crippen LogP contribution is -2.11. The molecule has 0 radical (unpaired) electrons. The topological polar surface area (TPSA) is 26.3 Å². The fraction of sp³-hybridized carbons (Fsp3) is 0.308. The first-order valence-electron chi connectivity index (χ1n) is 5.42. The minimum atomic E-state index is -4.92. The molecule has 0 saturated carbocycles. The van der Waals surface area contributed by atoms with Crippen LogP contribution in [-0.4, -0.2) is 12.6 Å². The lowest BCUT2D eigenvalue weighted by Gasteiger charge is -2.12. The van der Waals surface area contributed by atoms with Crippen molar-refractivity contribution in [2.45, 2.75) is 19.3 Å². The van der Waals surface area contributed by atoms with E-state index in [-0.39, 0.29) is 6.07 Å². The first kappa shape index (κ1) is 16.9. The van der Waals surface area contributed by atoms with Gasteiger partial charge in [0.1, 0.15) is 0 Å². The minimum absolute atomic E-state index is 0.0112. The zero-order chi connectivity index (χ0) is 16.3. The molecule has 0 spiro atoms. The second kappa shape index (κ2) is 6.08. The minimum Gasteiger partial charge on any atom is -0.453 e. The Morgan fingerprint density at radius 2 is 1.52 bits per heavy atom. The predicted octanol–water partition coefficient (Wildman–Crippen LogP) is 3.64. The van der Waals surface area contributed by atoms with Crippen LogP contribution in [0.25, 0.3) is 0 Å². The summed E-state index contributed by atoms with van der Waals surface area (Å²) >= 11 is 0. The van der Waals surface area contributed by atoms with Gasteiger partial charge in [-0.2, -0.15) is 26.3 Å². The van der Waals surface area contributed by atoms with Crippen LogP contribution in [0, 0.1) is 11.8 Å². The van der Waals surface area contributed by atoms with Crippen LogP contribution in [0.5, 0.6) is 0 Å². The Bertz CT molecular complexity index is 557. The van der Waals surface area contributed by atoms with Crippen LogP contribution in [0.1, 0.15) is 23.6 Å². The van der Waals surface area contributed by atoms with Gasteiger partial charge in [-0.05, 0) is 18.2 Å². The lowest BCUT2D eigenvalue weighted by atomic mass is 10.1. The highest BCUT2D eigenvalue weighted by Gasteiger charge is 2.36. The summed E-state index contributed by atoms with van der Waals surface area (Å²) in [6, 6.07) is 1.00. The van der Waals surface area contributed by atoms with E-state index in [0.29, 0.717) is 12.1 Å². The van der Waals surface area contributed by atoms with Crippen LogP contribution in [0.2, 0.25) is 0 Å². The molecule has 1 aromatic carbocycles. The average Bonchev–Trinajstić information content (AvgIpc) is 2.32. The zero-order valence-corrected chi connectivity index (χ0v) is 10.5. The quantitative estimate of drug-likeness (QED) is 0.450. The van der Waals surface area contributed by atoms with Crippen molar-refractivity contribution in [3.05, 3.63) is 34.9 Å². The van der Waals surface area contributed by atoms with Gasteiger partial charge in [0.2, 0.25) is 0 Å². The number of carbonyl (C=O) groups is 1. The van der Waals surface area contributed by atoms with Gasteiger partial charge in [0.05, 0.1) is 11.1 Å². The molecule has 21 heavy (non-hydrogen) atoms. The standard InChI is InChI=1S/C13H8F6O2/c1-8(20)21-4-2-3-9-5-10(12(14,15)16)7-11(6-9)13(17,18)19/h5-7H,4H2,1H3. The Balaban J connectivity index is 3.17. The third-order valence-corrected chi connectivity index (χ3v) is 2.17. The largest absolute Gasteiger partial charge is 0.453 e. The van der Waals surface area contributed by atoms with Gasteiger partial charge in [-0.3, -0.25) is 4.79 Å². The number of ether oxygens (including phenoxy) is 1. The molecule has 0 heterocycles. The second-order valence-electron chi connectivity index (χ2n) is 3.88. The molecule has 2 nitrogen and oxygen atoms in total. The van der Waals surface area contributed by atoms with Crippen molar-refractivity contribution < 1.29 is 35.9 Å². The number of carbonyl (C=O) groups excluding carboxylic acids is 1. The highest BCUT2D eigenvalue weighted by molar-refractivity contribution is 5.66. The smallest absolute Gasteiger partial charge is 0.416 e. The van der Waals surface area contributed by atoms with Crippen molar-refractivity contribution in [3.8, 4) is 11.8 Å². The molecule has 0 aliphatic rings. The Labute approximate surface area is 115 Å². The van der Waals surface area contributed by atoms with E-state index < -0.39 is 41.6 Å². The normalized spacial score (nSPS) is 11.6. The number of halogens is 6. The van der Waals surface area contributed by atoms with Crippen LogP contribution in [-0.2, 0) is 21.9 Å². The van der Waals surface area contributed by atoms with Gasteiger partial charge in [-0.15, -0.1) is 0 Å². The van der Waals surface area contributed by atoms with E-state index in [4.69, 9.17) is 0 Å². The van der Waals surface area contributed by atoms with Crippen molar-refractivity contribution in [1.29, 1.82) is 0 Å². The maximum absolute atomic E-state index is 12.5. The van der Waals surface area contributed by atoms with Crippen molar-refractivity contribution >= 4 is 5.97 Å². The number of benzene rings is 1. The molecule has 0 bridgehead atoms. The molecule has 0 unspecified atom stereocenters. The Morgan fingerprint density at radius 1 is 1.05 bits per heavy atom. The van der Waals surface area contributed by atoms with E-state index in [2.05, 4.69) is 16.6 Å². The molecule has 0 atom stereocenters. The predicted molar refractivity (Wildman–Crippen MR) is 60.0 cm³/mol. The molecule has 0 aliphatic carbocycles. The summed E-state index contributed by atoms with van der Waals surface area (Å²) in [6.07, 6.45) is -9.85. The Kier molecular flexibility index (Phi) is 4.88. The van der Waals surface area contributed by atoms with Crippen molar-refractivity contribution in [1.82, 2.24) is 0 Å². The monoisotopic (exact) mass is 310 g/mol. The van der Waals surface area contributed by atoms with Crippen LogP contribution < -0.4 is 0 Å². The molecule has 114 valence electrons. The van der Waals surface area contributed by atoms with Crippen molar-refractivity contribution in [2.75, 3.05) is 6.61 Å². The average molecular weight is 310 g/mol. The zero-order valence-electron chi connectivity index (χ0n) is 10.5. The SMILES string of the molecule is CC(=O)OCC#Cc1cc(C(F)(F)F)cc(C(F)(F)F)c1. The molecule has 1 rings (SSSR count). The molecule has 8 heteroatoms. The van der Waals surface area contributed by atoms with E-state index in [1.807, 2.05) is 0 Å². The summed E-state index contributed by atoms with van der Waals surface area (Å²) in [4.78, 5) is 10.4. The van der Waals surface area contributed by atoms with E-state index >= 15 is 0 Å². The summed E-state index contributed by atoms with van der Waals surface area (Å²) in [5, 5.41) is 0. The van der Waals surface area contributed by atoms with Crippen LogP contribution in [0.15, 0.2) is 18.2 Å². The van der Waals surface area contributed by atoms with E-state index in [1.54, 1.807) is 0 Å². The summed E-state index contributed by atoms with van der Waals surface area (Å²) < 4.78 is 79.7. The summed E-state index contributed by atoms with van der Waals surface area (Å²) in [5.41, 5.74) is -3.37. The molecular formula is C13H8F6O2. The summed E-state index contributed by atoms with van der Waals surface area (Å²) in [5.74, 6) is 3.60. The molecule has 0 N–H and O–H groups in total. The van der Waals surface area contributed by atoms with Crippen LogP contribution in [0.4, 0.5) is 26.3 Å². The number of hydrogen-bond donors (Lipinski definition) is 0. The fourth-order valence-corrected chi connectivity index (χ4v) is 1.30. The molecule has 0 saturated heterocycles. The van der Waals surface area contributed by atoms with Gasteiger partial charge in [0.15, 0.2) is 6.61 Å². The van der Waals surface area contributed by atoms with Gasteiger partial charge in [-0.25, -0.2) is 0 Å².